The van der Waals surface area contributed by atoms with Crippen LogP contribution < -0.4 is 21.5 Å². The van der Waals surface area contributed by atoms with Crippen LogP contribution in [0.3, 0.4) is 0 Å². The molecule has 1 fully saturated rings. The second-order valence-electron chi connectivity index (χ2n) is 6.56. The highest BCUT2D eigenvalue weighted by Crippen LogP contribution is 2.13. The third-order valence-electron chi connectivity index (χ3n) is 4.32. The van der Waals surface area contributed by atoms with E-state index in [1.165, 1.54) is 0 Å². The number of likely N-dealkylation sites (N-methyl/N-ethyl adjacent to an activating group) is 2. The molecule has 1 aromatic rings. The van der Waals surface area contributed by atoms with Crippen LogP contribution in [0.25, 0.3) is 0 Å². The number of rotatable bonds is 9. The fourth-order valence-corrected chi connectivity index (χ4v) is 2.72. The molecular weight excluding hydrogens is 294 g/mol. The molecule has 0 atom stereocenters. The van der Waals surface area contributed by atoms with Gasteiger partial charge in [-0.2, -0.15) is 0 Å². The molecular formula is C16H29N5O2. The van der Waals surface area contributed by atoms with E-state index in [9.17, 15) is 9.59 Å². The minimum atomic E-state index is -0.398. The normalized spacial score (nSPS) is 17.0. The summed E-state index contributed by atoms with van der Waals surface area (Å²) >= 11 is 0. The smallest absolute Gasteiger partial charge is 0.253 e. The summed E-state index contributed by atoms with van der Waals surface area (Å²) in [6, 6.07) is 0. The zero-order chi connectivity index (χ0) is 16.8. The Hall–Kier alpha value is -1.44. The summed E-state index contributed by atoms with van der Waals surface area (Å²) < 4.78 is 0. The Morgan fingerprint density at radius 1 is 0.957 bits per heavy atom. The van der Waals surface area contributed by atoms with Gasteiger partial charge in [-0.3, -0.25) is 9.59 Å². The zero-order valence-electron chi connectivity index (χ0n) is 14.5. The van der Waals surface area contributed by atoms with Gasteiger partial charge in [0.1, 0.15) is 11.4 Å². The van der Waals surface area contributed by atoms with Gasteiger partial charge in [-0.1, -0.05) is 0 Å². The molecule has 1 saturated heterocycles. The summed E-state index contributed by atoms with van der Waals surface area (Å²) in [5.74, 6) is 0. The first-order valence-electron chi connectivity index (χ1n) is 8.35. The average molecular weight is 323 g/mol. The number of hydrogen-bond donors (Lipinski definition) is 2. The summed E-state index contributed by atoms with van der Waals surface area (Å²) in [5.41, 5.74) is 0.130. The first-order valence-corrected chi connectivity index (χ1v) is 8.35. The standard InChI is InChI=1S/C16H29N5O2/c1-19(2)8-6-18-14-13(15(22)16(14)23)17-5-4-7-21-11-9-20(3)10-12-21/h17-18H,4-12H2,1-3H3. The molecule has 7 nitrogen and oxygen atoms in total. The lowest BCUT2D eigenvalue weighted by Crippen LogP contribution is -2.45. The minimum Gasteiger partial charge on any atom is -0.380 e. The number of nitrogens with one attached hydrogen (secondary N) is 2. The zero-order valence-corrected chi connectivity index (χ0v) is 14.5. The lowest BCUT2D eigenvalue weighted by atomic mass is 10.2. The van der Waals surface area contributed by atoms with E-state index >= 15 is 0 Å². The summed E-state index contributed by atoms with van der Waals surface area (Å²) in [7, 11) is 6.10. The van der Waals surface area contributed by atoms with Crippen molar-refractivity contribution < 1.29 is 0 Å². The minimum absolute atomic E-state index is 0.392. The summed E-state index contributed by atoms with van der Waals surface area (Å²) in [5, 5.41) is 6.20. The van der Waals surface area contributed by atoms with Gasteiger partial charge in [0.05, 0.1) is 0 Å². The molecule has 0 saturated carbocycles. The summed E-state index contributed by atoms with van der Waals surface area (Å²) in [6.45, 7) is 7.67. The van der Waals surface area contributed by atoms with E-state index < -0.39 is 10.9 Å². The van der Waals surface area contributed by atoms with Gasteiger partial charge in [-0.25, -0.2) is 0 Å². The Bertz CT molecular complexity index is 557. The maximum Gasteiger partial charge on any atom is 0.253 e. The van der Waals surface area contributed by atoms with Crippen LogP contribution in [-0.2, 0) is 0 Å². The molecule has 0 spiro atoms. The van der Waals surface area contributed by atoms with Crippen molar-refractivity contribution in [2.75, 3.05) is 84.1 Å². The molecule has 1 aromatic carbocycles. The number of piperazine rings is 1. The van der Waals surface area contributed by atoms with E-state index in [-0.39, 0.29) is 0 Å². The van der Waals surface area contributed by atoms with Crippen molar-refractivity contribution in [3.05, 3.63) is 20.4 Å². The fourth-order valence-electron chi connectivity index (χ4n) is 2.72. The molecule has 130 valence electrons. The Labute approximate surface area is 137 Å². The van der Waals surface area contributed by atoms with Gasteiger partial charge in [0.15, 0.2) is 0 Å². The topological polar surface area (TPSA) is 67.9 Å². The third kappa shape index (κ3) is 5.02. The van der Waals surface area contributed by atoms with Gasteiger partial charge in [0.25, 0.3) is 10.9 Å². The molecule has 1 aliphatic heterocycles. The van der Waals surface area contributed by atoms with E-state index in [0.29, 0.717) is 17.9 Å². The van der Waals surface area contributed by atoms with Crippen LogP contribution in [0.2, 0.25) is 0 Å². The van der Waals surface area contributed by atoms with Crippen LogP contribution in [0.4, 0.5) is 11.4 Å². The fraction of sp³-hybridized carbons (Fsp3) is 0.750. The maximum atomic E-state index is 11.7. The van der Waals surface area contributed by atoms with Crippen molar-refractivity contribution in [1.29, 1.82) is 0 Å². The quantitative estimate of drug-likeness (QED) is 0.460. The van der Waals surface area contributed by atoms with Gasteiger partial charge in [0.2, 0.25) is 0 Å². The molecule has 1 aliphatic rings. The predicted molar refractivity (Wildman–Crippen MR) is 95.4 cm³/mol. The van der Waals surface area contributed by atoms with Crippen molar-refractivity contribution in [2.24, 2.45) is 0 Å². The van der Waals surface area contributed by atoms with Crippen molar-refractivity contribution in [2.45, 2.75) is 6.42 Å². The molecule has 0 unspecified atom stereocenters. The first-order chi connectivity index (χ1) is 11.0. The highest BCUT2D eigenvalue weighted by Gasteiger charge is 2.20. The van der Waals surface area contributed by atoms with Crippen molar-refractivity contribution >= 4 is 11.4 Å². The lowest BCUT2D eigenvalue weighted by molar-refractivity contribution is 0.154. The molecule has 2 N–H and O–H groups in total. The SMILES string of the molecule is CN(C)CCNc1c(NCCCN2CCN(C)CC2)c(=O)c1=O. The van der Waals surface area contributed by atoms with Gasteiger partial charge in [-0.05, 0) is 34.1 Å². The van der Waals surface area contributed by atoms with Crippen LogP contribution >= 0.6 is 0 Å². The van der Waals surface area contributed by atoms with E-state index in [2.05, 4.69) is 27.5 Å². The predicted octanol–water partition coefficient (Wildman–Crippen LogP) is -0.694. The van der Waals surface area contributed by atoms with Gasteiger partial charge < -0.3 is 25.3 Å². The molecule has 7 heteroatoms. The van der Waals surface area contributed by atoms with Crippen LogP contribution in [0.1, 0.15) is 6.42 Å². The summed E-state index contributed by atoms with van der Waals surface area (Å²) in [4.78, 5) is 30.1. The monoisotopic (exact) mass is 323 g/mol. The lowest BCUT2D eigenvalue weighted by Gasteiger charge is -2.32. The van der Waals surface area contributed by atoms with Gasteiger partial charge in [0, 0.05) is 45.8 Å². The molecule has 0 bridgehead atoms. The van der Waals surface area contributed by atoms with Crippen LogP contribution in [-0.4, -0.2) is 88.2 Å². The Balaban J connectivity index is 1.70. The molecule has 0 aliphatic carbocycles. The van der Waals surface area contributed by atoms with Gasteiger partial charge in [-0.15, -0.1) is 0 Å². The molecule has 1 heterocycles. The van der Waals surface area contributed by atoms with E-state index in [1.54, 1.807) is 0 Å². The maximum absolute atomic E-state index is 11.7. The number of anilines is 2. The summed E-state index contributed by atoms with van der Waals surface area (Å²) in [6.07, 6.45) is 0.972. The number of hydrogen-bond acceptors (Lipinski definition) is 7. The molecule has 0 amide bonds. The molecule has 0 aromatic heterocycles. The third-order valence-corrected chi connectivity index (χ3v) is 4.32. The van der Waals surface area contributed by atoms with E-state index in [0.717, 1.165) is 52.2 Å². The van der Waals surface area contributed by atoms with Crippen molar-refractivity contribution in [1.82, 2.24) is 14.7 Å². The largest absolute Gasteiger partial charge is 0.380 e. The van der Waals surface area contributed by atoms with E-state index in [4.69, 9.17) is 0 Å². The van der Waals surface area contributed by atoms with Crippen molar-refractivity contribution in [3.8, 4) is 0 Å². The second-order valence-corrected chi connectivity index (χ2v) is 6.56. The molecule has 0 radical (unpaired) electrons. The average Bonchev–Trinajstić information content (AvgIpc) is 2.53. The Kier molecular flexibility index (Phi) is 6.56. The van der Waals surface area contributed by atoms with Crippen LogP contribution in [0.5, 0.6) is 0 Å². The van der Waals surface area contributed by atoms with Crippen LogP contribution in [0.15, 0.2) is 9.59 Å². The second kappa shape index (κ2) is 8.42. The first kappa shape index (κ1) is 17.9. The van der Waals surface area contributed by atoms with E-state index in [1.807, 2.05) is 19.0 Å². The number of nitrogens with zero attached hydrogens (tertiary/aromatic N) is 3. The highest BCUT2D eigenvalue weighted by molar-refractivity contribution is 5.73. The van der Waals surface area contributed by atoms with Crippen LogP contribution in [0, 0.1) is 0 Å². The molecule has 2 rings (SSSR count). The molecule has 23 heavy (non-hydrogen) atoms. The Morgan fingerprint density at radius 3 is 2.09 bits per heavy atom. The Morgan fingerprint density at radius 2 is 1.52 bits per heavy atom. The van der Waals surface area contributed by atoms with Gasteiger partial charge >= 0.3 is 0 Å². The van der Waals surface area contributed by atoms with Crippen molar-refractivity contribution in [3.63, 3.8) is 0 Å². The highest BCUT2D eigenvalue weighted by atomic mass is 16.2.